The van der Waals surface area contributed by atoms with Crippen LogP contribution < -0.4 is 10.6 Å². The Morgan fingerprint density at radius 1 is 0.418 bits per heavy atom. The number of hydrogen-bond donors (Lipinski definition) is 2. The molecule has 3 amide bonds. The van der Waals surface area contributed by atoms with Crippen LogP contribution in [0.3, 0.4) is 0 Å². The van der Waals surface area contributed by atoms with Gasteiger partial charge in [0.1, 0.15) is 0 Å². The maximum atomic E-state index is 12.8. The van der Waals surface area contributed by atoms with Crippen LogP contribution in [-0.2, 0) is 97.5 Å². The van der Waals surface area contributed by atoms with E-state index in [1.807, 2.05) is 72.8 Å². The Kier molecular flexibility index (Phi) is 28.5. The molecule has 2 aliphatic rings. The highest BCUT2D eigenvalue weighted by Crippen LogP contribution is 2.21. The SMILES string of the molecule is C.C=CC(=O)Cl.C=CC(=O)N1Cc2cccc(c2)CN(C(=O)C=C)Cc2cccc(c2)CN(C(=O)C=C)Cc2cccc(c2)C1.CCN(CC)CC.c1cc2cc(c1)CNCc1cccc(c1)CNCc1cccc(c1)CCC2. The third-order valence-corrected chi connectivity index (χ3v) is 13.6. The van der Waals surface area contributed by atoms with Crippen molar-refractivity contribution in [3.63, 3.8) is 0 Å². The summed E-state index contributed by atoms with van der Waals surface area (Å²) in [7, 11) is 0. The van der Waals surface area contributed by atoms with E-state index in [2.05, 4.69) is 135 Å². The predicted octanol–water partition coefficient (Wildman–Crippen LogP) is 12.8. The van der Waals surface area contributed by atoms with Crippen LogP contribution in [0.15, 0.2) is 196 Å². The molecule has 0 radical (unpaired) electrons. The molecule has 2 heterocycles. The van der Waals surface area contributed by atoms with Crippen LogP contribution >= 0.6 is 11.6 Å². The molecule has 0 saturated heterocycles. The van der Waals surface area contributed by atoms with Crippen LogP contribution in [0.1, 0.15) is 101 Å². The smallest absolute Gasteiger partial charge is 0.246 e. The molecular formula is C68H83ClN6O4. The first-order valence-electron chi connectivity index (χ1n) is 27.0. The summed E-state index contributed by atoms with van der Waals surface area (Å²) in [5.41, 5.74) is 14.0. The molecule has 12 bridgehead atoms. The number of amides is 3. The van der Waals surface area contributed by atoms with Gasteiger partial charge in [-0.3, -0.25) is 19.2 Å². The van der Waals surface area contributed by atoms with Gasteiger partial charge in [0.05, 0.1) is 0 Å². The van der Waals surface area contributed by atoms with Gasteiger partial charge in [-0.05, 0) is 142 Å². The second kappa shape index (κ2) is 35.1. The van der Waals surface area contributed by atoms with E-state index in [1.165, 1.54) is 77.7 Å². The molecule has 11 heteroatoms. The van der Waals surface area contributed by atoms with Gasteiger partial charge >= 0.3 is 0 Å². The molecule has 6 aromatic carbocycles. The molecule has 79 heavy (non-hydrogen) atoms. The molecule has 0 atom stereocenters. The van der Waals surface area contributed by atoms with Crippen LogP contribution in [0.25, 0.3) is 0 Å². The molecule has 10 nitrogen and oxygen atoms in total. The first-order valence-corrected chi connectivity index (χ1v) is 27.4. The van der Waals surface area contributed by atoms with Crippen molar-refractivity contribution in [3.8, 4) is 0 Å². The zero-order chi connectivity index (χ0) is 56.1. The van der Waals surface area contributed by atoms with E-state index in [1.54, 1.807) is 14.7 Å². The number of nitrogens with zero attached hydrogens (tertiary/aromatic N) is 4. The highest BCUT2D eigenvalue weighted by molar-refractivity contribution is 6.66. The number of nitrogens with one attached hydrogen (secondary N) is 2. The van der Waals surface area contributed by atoms with E-state index >= 15 is 0 Å². The van der Waals surface area contributed by atoms with Crippen molar-refractivity contribution in [2.24, 2.45) is 0 Å². The lowest BCUT2D eigenvalue weighted by Crippen LogP contribution is -2.30. The van der Waals surface area contributed by atoms with Crippen molar-refractivity contribution >= 4 is 34.6 Å². The Morgan fingerprint density at radius 3 is 0.848 bits per heavy atom. The summed E-state index contributed by atoms with van der Waals surface area (Å²) < 4.78 is 0. The zero-order valence-corrected chi connectivity index (χ0v) is 46.9. The first-order chi connectivity index (χ1) is 37.8. The highest BCUT2D eigenvalue weighted by atomic mass is 35.5. The van der Waals surface area contributed by atoms with E-state index < -0.39 is 5.24 Å². The topological polar surface area (TPSA) is 105 Å². The summed E-state index contributed by atoms with van der Waals surface area (Å²) >= 11 is 4.71. The second-order valence-electron chi connectivity index (χ2n) is 19.3. The fourth-order valence-electron chi connectivity index (χ4n) is 9.33. The van der Waals surface area contributed by atoms with E-state index in [-0.39, 0.29) is 25.1 Å². The number of hydrogen-bond acceptors (Lipinski definition) is 7. The second-order valence-corrected chi connectivity index (χ2v) is 19.7. The maximum Gasteiger partial charge on any atom is 0.246 e. The Balaban J connectivity index is 0.000000289. The molecule has 0 aliphatic carbocycles. The minimum atomic E-state index is -0.509. The first kappa shape index (κ1) is 64.1. The lowest BCUT2D eigenvalue weighted by Gasteiger charge is -2.26. The number of carbonyl (C=O) groups excluding carboxylic acids is 4. The maximum absolute atomic E-state index is 12.8. The van der Waals surface area contributed by atoms with Crippen LogP contribution in [0, 0.1) is 0 Å². The van der Waals surface area contributed by atoms with Crippen molar-refractivity contribution in [2.75, 3.05) is 19.6 Å². The summed E-state index contributed by atoms with van der Waals surface area (Å²) in [6.45, 7) is 30.2. The standard InChI is InChI=1S/C33H33N3O3.C25H28N2.C6H15N.C3H3ClO.CH4/c1-4-31(37)34-19-25-10-7-12-27(16-25)21-35(32(38)5-2)23-29-14-9-15-30(18-29)24-36(33(39)6-3)22-28-13-8-11-26(17-28)20-34;1-5-20-7-2-9-22(13-20)16-26-18-24-11-4-12-25(15-24)19-27-17-23-10-3-8-21(6-1)14-23;1-4-7(5-2)6-3;1-2-3(4)5;/h4-18H,1-3,19-24H2;2-4,7-15,26-27H,1,5-6,16-19H2;4-6H2,1-3H3;2H,1H2;1H4. The molecular weight excluding hydrogens is 1000 g/mol. The normalized spacial score (nSPS) is 13.6. The van der Waals surface area contributed by atoms with Crippen molar-refractivity contribution < 1.29 is 19.2 Å². The molecule has 0 aromatic heterocycles. The summed E-state index contributed by atoms with van der Waals surface area (Å²) in [4.78, 5) is 55.5. The number of carbonyl (C=O) groups is 4. The summed E-state index contributed by atoms with van der Waals surface area (Å²) in [6, 6.07) is 50.7. The fraction of sp³-hybridized carbons (Fsp3) is 0.294. The van der Waals surface area contributed by atoms with Crippen molar-refractivity contribution in [3.05, 3.63) is 263 Å². The van der Waals surface area contributed by atoms with Crippen LogP contribution in [-0.4, -0.2) is 62.2 Å². The lowest BCUT2D eigenvalue weighted by molar-refractivity contribution is -0.127. The van der Waals surface area contributed by atoms with E-state index in [0.29, 0.717) is 39.3 Å². The number of aryl methyl sites for hydroxylation is 2. The molecule has 2 N–H and O–H groups in total. The summed E-state index contributed by atoms with van der Waals surface area (Å²) in [5, 5.41) is 6.67. The third-order valence-electron chi connectivity index (χ3n) is 13.4. The lowest BCUT2D eigenvalue weighted by atomic mass is 10.0. The molecule has 8 rings (SSSR count). The number of allylic oxidation sites excluding steroid dienone is 1. The van der Waals surface area contributed by atoms with Crippen LogP contribution in [0.5, 0.6) is 0 Å². The number of fused-ring (bicyclic) bond motifs is 12. The largest absolute Gasteiger partial charge is 0.331 e. The van der Waals surface area contributed by atoms with Crippen molar-refractivity contribution in [1.82, 2.24) is 30.2 Å². The quantitative estimate of drug-likeness (QED) is 0.121. The minimum absolute atomic E-state index is 0. The minimum Gasteiger partial charge on any atom is -0.331 e. The van der Waals surface area contributed by atoms with Crippen LogP contribution in [0.2, 0.25) is 0 Å². The Bertz CT molecular complexity index is 2520. The Labute approximate surface area is 477 Å². The van der Waals surface area contributed by atoms with Crippen molar-refractivity contribution in [2.45, 2.75) is 113 Å². The fourth-order valence-corrected chi connectivity index (χ4v) is 9.33. The molecule has 6 aromatic rings. The highest BCUT2D eigenvalue weighted by Gasteiger charge is 2.18. The van der Waals surface area contributed by atoms with E-state index in [9.17, 15) is 19.2 Å². The van der Waals surface area contributed by atoms with Crippen molar-refractivity contribution in [1.29, 1.82) is 0 Å². The molecule has 2 aliphatic heterocycles. The van der Waals surface area contributed by atoms with Gasteiger partial charge in [-0.1, -0.05) is 200 Å². The molecule has 0 fully saturated rings. The van der Waals surface area contributed by atoms with Gasteiger partial charge in [-0.15, -0.1) is 0 Å². The molecule has 416 valence electrons. The average molecular weight is 1080 g/mol. The summed E-state index contributed by atoms with van der Waals surface area (Å²) in [5.74, 6) is -0.526. The van der Waals surface area contributed by atoms with E-state index in [0.717, 1.165) is 78.5 Å². The number of halogens is 1. The molecule has 0 saturated carbocycles. The third kappa shape index (κ3) is 22.8. The monoisotopic (exact) mass is 1080 g/mol. The predicted molar refractivity (Wildman–Crippen MR) is 326 cm³/mol. The number of rotatable bonds is 7. The molecule has 0 unspecified atom stereocenters. The van der Waals surface area contributed by atoms with Gasteiger partial charge in [0, 0.05) is 65.4 Å². The summed E-state index contributed by atoms with van der Waals surface area (Å²) in [6.07, 6.45) is 8.48. The van der Waals surface area contributed by atoms with Gasteiger partial charge in [0.15, 0.2) is 0 Å². The van der Waals surface area contributed by atoms with Crippen LogP contribution in [0.4, 0.5) is 0 Å². The Morgan fingerprint density at radius 2 is 0.633 bits per heavy atom. The van der Waals surface area contributed by atoms with Gasteiger partial charge in [0.2, 0.25) is 23.0 Å². The zero-order valence-electron chi connectivity index (χ0n) is 46.1. The van der Waals surface area contributed by atoms with E-state index in [4.69, 9.17) is 11.6 Å². The average Bonchev–Trinajstić information content (AvgIpc) is 3.46. The number of benzene rings is 6. The van der Waals surface area contributed by atoms with Gasteiger partial charge in [0.25, 0.3) is 0 Å². The molecule has 0 spiro atoms. The Hall–Kier alpha value is -7.47. The van der Waals surface area contributed by atoms with Gasteiger partial charge in [-0.2, -0.15) is 0 Å². The van der Waals surface area contributed by atoms with Gasteiger partial charge < -0.3 is 30.2 Å². The van der Waals surface area contributed by atoms with Gasteiger partial charge in [-0.25, -0.2) is 0 Å².